The van der Waals surface area contributed by atoms with Gasteiger partial charge in [-0.2, -0.15) is 0 Å². The molecular weight excluding hydrogens is 66.0 g/mol. The minimum Gasteiger partial charge on any atom is -0.370 e. The normalized spacial score (nSPS) is 5.00. The van der Waals surface area contributed by atoms with E-state index in [0.29, 0.717) is 0 Å². The topological polar surface area (TPSA) is 43.1 Å². The van der Waals surface area contributed by atoms with Gasteiger partial charge < -0.3 is 5.73 Å². The summed E-state index contributed by atoms with van der Waals surface area (Å²) in [4.78, 5) is 9.22. The molecule has 1 amide bonds. The summed E-state index contributed by atoms with van der Waals surface area (Å²) in [5, 5.41) is 0. The number of rotatable bonds is 0. The van der Waals surface area contributed by atoms with Crippen molar-refractivity contribution in [2.24, 2.45) is 5.73 Å². The second-order valence-electron chi connectivity index (χ2n) is 0.611. The van der Waals surface area contributed by atoms with Gasteiger partial charge in [-0.15, -0.1) is 0 Å². The van der Waals surface area contributed by atoms with E-state index in [1.807, 2.05) is 0 Å². The molecule has 5 heavy (non-hydrogen) atoms. The summed E-state index contributed by atoms with van der Waals surface area (Å²) in [7, 11) is 0. The van der Waals surface area contributed by atoms with Crippen molar-refractivity contribution in [2.75, 3.05) is 0 Å². The van der Waals surface area contributed by atoms with Crippen LogP contribution in [0.1, 0.15) is 14.4 Å². The van der Waals surface area contributed by atoms with Gasteiger partial charge in [-0.05, 0) is 0 Å². The Balaban J connectivity index is 0. The minimum atomic E-state index is -0.333. The zero-order chi connectivity index (χ0) is 3.58. The summed E-state index contributed by atoms with van der Waals surface area (Å²) in [5.74, 6) is -0.333. The van der Waals surface area contributed by atoms with Gasteiger partial charge in [0.2, 0.25) is 5.91 Å². The predicted octanol–water partition coefficient (Wildman–Crippen LogP) is 0.128. The van der Waals surface area contributed by atoms with Crippen molar-refractivity contribution in [3.63, 3.8) is 0 Å². The SMILES string of the molecule is C.CC(N)=O. The number of carbonyl (C=O) groups excluding carboxylic acids is 1. The number of hydrogen-bond acceptors (Lipinski definition) is 1. The molecule has 0 aromatic heterocycles. The van der Waals surface area contributed by atoms with Crippen molar-refractivity contribution in [1.29, 1.82) is 0 Å². The van der Waals surface area contributed by atoms with E-state index in [1.165, 1.54) is 6.92 Å². The number of amides is 1. The van der Waals surface area contributed by atoms with Gasteiger partial charge in [-0.3, -0.25) is 4.79 Å². The molecule has 0 unspecified atom stereocenters. The van der Waals surface area contributed by atoms with Crippen molar-refractivity contribution in [2.45, 2.75) is 14.4 Å². The van der Waals surface area contributed by atoms with Crippen LogP contribution in [0.4, 0.5) is 0 Å². The highest BCUT2D eigenvalue weighted by atomic mass is 16.1. The third-order valence-corrected chi connectivity index (χ3v) is 0. The molecule has 2 heteroatoms. The molecular formula is C3H9NO. The molecule has 0 aromatic carbocycles. The number of carbonyl (C=O) groups is 1. The van der Waals surface area contributed by atoms with E-state index < -0.39 is 0 Å². The third-order valence-electron chi connectivity index (χ3n) is 0. The standard InChI is InChI=1S/C2H5NO.CH4/c1-2(3)4;/h1H3,(H2,3,4);1H4. The Hall–Kier alpha value is -0.530. The second kappa shape index (κ2) is 3.47. The highest BCUT2D eigenvalue weighted by Gasteiger charge is 1.61. The van der Waals surface area contributed by atoms with E-state index in [9.17, 15) is 4.79 Å². The maximum atomic E-state index is 9.22. The van der Waals surface area contributed by atoms with Crippen LogP contribution in [0.3, 0.4) is 0 Å². The summed E-state index contributed by atoms with van der Waals surface area (Å²) in [6.45, 7) is 1.31. The molecule has 0 aliphatic rings. The molecule has 0 heterocycles. The summed E-state index contributed by atoms with van der Waals surface area (Å²) >= 11 is 0. The fraction of sp³-hybridized carbons (Fsp3) is 0.667. The maximum Gasteiger partial charge on any atom is 0.214 e. The Morgan fingerprint density at radius 3 is 1.80 bits per heavy atom. The first-order chi connectivity index (χ1) is 1.73. The van der Waals surface area contributed by atoms with Gasteiger partial charge in [0, 0.05) is 6.92 Å². The largest absolute Gasteiger partial charge is 0.370 e. The van der Waals surface area contributed by atoms with Crippen LogP contribution < -0.4 is 5.73 Å². The molecule has 0 atom stereocenters. The number of hydrogen-bond donors (Lipinski definition) is 1. The monoisotopic (exact) mass is 75.1 g/mol. The first kappa shape index (κ1) is 8.82. The Morgan fingerprint density at radius 2 is 1.80 bits per heavy atom. The van der Waals surface area contributed by atoms with Crippen LogP contribution in [-0.2, 0) is 4.79 Å². The Labute approximate surface area is 32.0 Å². The van der Waals surface area contributed by atoms with E-state index >= 15 is 0 Å². The van der Waals surface area contributed by atoms with Gasteiger partial charge in [0.1, 0.15) is 0 Å². The van der Waals surface area contributed by atoms with E-state index in [0.717, 1.165) is 0 Å². The van der Waals surface area contributed by atoms with Crippen molar-refractivity contribution >= 4 is 5.91 Å². The maximum absolute atomic E-state index is 9.22. The Morgan fingerprint density at radius 1 is 1.80 bits per heavy atom. The fourth-order valence-electron chi connectivity index (χ4n) is 0. The molecule has 2 nitrogen and oxygen atoms in total. The number of primary amides is 1. The second-order valence-corrected chi connectivity index (χ2v) is 0.611. The smallest absolute Gasteiger partial charge is 0.214 e. The molecule has 0 spiro atoms. The molecule has 0 bridgehead atoms. The summed E-state index contributed by atoms with van der Waals surface area (Å²) in [6, 6.07) is 0. The lowest BCUT2D eigenvalue weighted by Gasteiger charge is -1.60. The fourth-order valence-corrected chi connectivity index (χ4v) is 0. The lowest BCUT2D eigenvalue weighted by atomic mass is 10.8. The molecule has 0 aliphatic carbocycles. The lowest BCUT2D eigenvalue weighted by Crippen LogP contribution is -2.01. The van der Waals surface area contributed by atoms with Gasteiger partial charge >= 0.3 is 0 Å². The highest BCUT2D eigenvalue weighted by molar-refractivity contribution is 5.70. The van der Waals surface area contributed by atoms with Gasteiger partial charge in [0.05, 0.1) is 0 Å². The Bertz CT molecular complexity index is 29.9. The van der Waals surface area contributed by atoms with E-state index in [1.54, 1.807) is 0 Å². The molecule has 0 fully saturated rings. The molecule has 0 aromatic rings. The zero-order valence-electron chi connectivity index (χ0n) is 2.49. The average Bonchev–Trinajstić information content (AvgIpc) is 0.811. The van der Waals surface area contributed by atoms with Crippen molar-refractivity contribution in [3.05, 3.63) is 0 Å². The summed E-state index contributed by atoms with van der Waals surface area (Å²) < 4.78 is 0. The lowest BCUT2D eigenvalue weighted by molar-refractivity contribution is -0.115. The van der Waals surface area contributed by atoms with Crippen LogP contribution in [-0.4, -0.2) is 5.91 Å². The van der Waals surface area contributed by atoms with Gasteiger partial charge in [0.15, 0.2) is 0 Å². The van der Waals surface area contributed by atoms with Crippen LogP contribution in [0.25, 0.3) is 0 Å². The van der Waals surface area contributed by atoms with E-state index in [2.05, 4.69) is 5.73 Å². The van der Waals surface area contributed by atoms with Crippen LogP contribution in [0.15, 0.2) is 0 Å². The van der Waals surface area contributed by atoms with Gasteiger partial charge in [-0.1, -0.05) is 7.43 Å². The van der Waals surface area contributed by atoms with Crippen LogP contribution in [0, 0.1) is 0 Å². The van der Waals surface area contributed by atoms with Gasteiger partial charge in [-0.25, -0.2) is 0 Å². The molecule has 0 aliphatic heterocycles. The average molecular weight is 75.1 g/mol. The van der Waals surface area contributed by atoms with Crippen LogP contribution >= 0.6 is 0 Å². The predicted molar refractivity (Wildman–Crippen MR) is 21.6 cm³/mol. The molecule has 0 rings (SSSR count). The zero-order valence-corrected chi connectivity index (χ0v) is 2.49. The Kier molecular flexibility index (Phi) is 6.12. The summed E-state index contributed by atoms with van der Waals surface area (Å²) in [5.41, 5.74) is 4.47. The molecule has 0 radical (unpaired) electrons. The van der Waals surface area contributed by atoms with Crippen LogP contribution in [0.5, 0.6) is 0 Å². The van der Waals surface area contributed by atoms with Crippen molar-refractivity contribution in [1.82, 2.24) is 0 Å². The number of nitrogens with two attached hydrogens (primary N) is 1. The van der Waals surface area contributed by atoms with Crippen molar-refractivity contribution in [3.8, 4) is 0 Å². The first-order valence-electron chi connectivity index (χ1n) is 0.993. The third kappa shape index (κ3) is 26.7. The van der Waals surface area contributed by atoms with Crippen molar-refractivity contribution < 1.29 is 4.79 Å². The first-order valence-corrected chi connectivity index (χ1v) is 0.993. The highest BCUT2D eigenvalue weighted by Crippen LogP contribution is 1.33. The van der Waals surface area contributed by atoms with Crippen LogP contribution in [0.2, 0.25) is 0 Å². The molecule has 2 N–H and O–H groups in total. The molecule has 32 valence electrons. The van der Waals surface area contributed by atoms with E-state index in [4.69, 9.17) is 0 Å². The molecule has 0 saturated carbocycles. The molecule has 0 saturated heterocycles. The quantitative estimate of drug-likeness (QED) is 0.437. The van der Waals surface area contributed by atoms with Gasteiger partial charge in [0.25, 0.3) is 0 Å². The minimum absolute atomic E-state index is 0. The van der Waals surface area contributed by atoms with E-state index in [-0.39, 0.29) is 13.3 Å². The summed E-state index contributed by atoms with van der Waals surface area (Å²) in [6.07, 6.45) is 0.